The summed E-state index contributed by atoms with van der Waals surface area (Å²) in [5, 5.41) is 2.42. The molecule has 0 spiro atoms. The van der Waals surface area contributed by atoms with Gasteiger partial charge in [-0.2, -0.15) is 0 Å². The topological polar surface area (TPSA) is 101 Å². The molecule has 0 heterocycles. The van der Waals surface area contributed by atoms with Gasteiger partial charge in [0.2, 0.25) is 10.0 Å². The van der Waals surface area contributed by atoms with E-state index in [0.29, 0.717) is 5.56 Å². The average molecular weight is 313 g/mol. The van der Waals surface area contributed by atoms with Crippen molar-refractivity contribution < 1.29 is 17.6 Å². The Labute approximate surface area is 123 Å². The van der Waals surface area contributed by atoms with E-state index in [1.54, 1.807) is 0 Å². The second-order valence-electron chi connectivity index (χ2n) is 4.12. The number of amides is 1. The van der Waals surface area contributed by atoms with E-state index in [9.17, 15) is 17.6 Å². The van der Waals surface area contributed by atoms with Gasteiger partial charge in [-0.15, -0.1) is 0 Å². The van der Waals surface area contributed by atoms with E-state index in [1.807, 2.05) is 0 Å². The molecule has 0 aliphatic carbocycles. The van der Waals surface area contributed by atoms with Gasteiger partial charge in [0.05, 0.1) is 18.4 Å². The zero-order valence-electron chi connectivity index (χ0n) is 11.4. The molecule has 0 unspecified atom stereocenters. The molecular weight excluding hydrogens is 297 g/mol. The Bertz CT molecular complexity index is 678. The number of nitrogens with two attached hydrogens (primary N) is 1. The van der Waals surface area contributed by atoms with Crippen molar-refractivity contribution in [3.05, 3.63) is 35.1 Å². The maximum Gasteiger partial charge on any atom is 0.254 e. The fourth-order valence-electron chi connectivity index (χ4n) is 1.44. The molecule has 0 saturated heterocycles. The molecule has 0 aliphatic rings. The van der Waals surface area contributed by atoms with Crippen LogP contribution in [0.4, 0.5) is 4.39 Å². The van der Waals surface area contributed by atoms with Gasteiger partial charge in [0.1, 0.15) is 5.82 Å². The number of carbonyl (C=O) groups excluding carboxylic acids is 1. The first-order chi connectivity index (χ1) is 9.83. The van der Waals surface area contributed by atoms with Gasteiger partial charge in [0.15, 0.2) is 0 Å². The van der Waals surface area contributed by atoms with Crippen LogP contribution in [0.3, 0.4) is 0 Å². The van der Waals surface area contributed by atoms with Gasteiger partial charge in [0.25, 0.3) is 5.91 Å². The second-order valence-corrected chi connectivity index (χ2v) is 5.96. The highest BCUT2D eigenvalue weighted by molar-refractivity contribution is 7.88. The SMILES string of the molecule is CS(=O)(=O)NCCNC(=O)c1cc(C#CCN)ccc1F. The first-order valence-electron chi connectivity index (χ1n) is 6.05. The first kappa shape index (κ1) is 17.1. The van der Waals surface area contributed by atoms with Crippen LogP contribution in [0.25, 0.3) is 0 Å². The third kappa shape index (κ3) is 6.35. The molecule has 1 rings (SSSR count). The fourth-order valence-corrected chi connectivity index (χ4v) is 1.91. The standard InChI is InChI=1S/C13H16FN3O3S/c1-21(19,20)17-8-7-16-13(18)11-9-10(3-2-6-15)4-5-12(11)14/h4-5,9,17H,6-8,15H2,1H3,(H,16,18). The van der Waals surface area contributed by atoms with Crippen LogP contribution in [-0.4, -0.2) is 40.2 Å². The summed E-state index contributed by atoms with van der Waals surface area (Å²) in [6.07, 6.45) is 1.01. The minimum atomic E-state index is -3.32. The molecule has 1 aromatic rings. The minimum absolute atomic E-state index is 0.0266. The predicted octanol–water partition coefficient (Wildman–Crippen LogP) is -0.585. The Kier molecular flexibility index (Phi) is 6.30. The monoisotopic (exact) mass is 313 g/mol. The van der Waals surface area contributed by atoms with Gasteiger partial charge >= 0.3 is 0 Å². The van der Waals surface area contributed by atoms with Crippen molar-refractivity contribution in [2.45, 2.75) is 0 Å². The number of benzene rings is 1. The van der Waals surface area contributed by atoms with E-state index >= 15 is 0 Å². The largest absolute Gasteiger partial charge is 0.351 e. The summed E-state index contributed by atoms with van der Waals surface area (Å²) in [6, 6.07) is 3.90. The van der Waals surface area contributed by atoms with E-state index in [-0.39, 0.29) is 25.2 Å². The van der Waals surface area contributed by atoms with Gasteiger partial charge < -0.3 is 11.1 Å². The molecule has 1 amide bonds. The van der Waals surface area contributed by atoms with Crippen LogP contribution in [0.2, 0.25) is 0 Å². The third-order valence-corrected chi connectivity index (χ3v) is 3.05. The molecule has 0 radical (unpaired) electrons. The number of carbonyl (C=O) groups is 1. The normalized spacial score (nSPS) is 10.6. The van der Waals surface area contributed by atoms with E-state index < -0.39 is 21.7 Å². The van der Waals surface area contributed by atoms with Crippen molar-refractivity contribution in [3.63, 3.8) is 0 Å². The quantitative estimate of drug-likeness (QED) is 0.500. The molecule has 6 nitrogen and oxygen atoms in total. The van der Waals surface area contributed by atoms with Gasteiger partial charge in [-0.25, -0.2) is 17.5 Å². The van der Waals surface area contributed by atoms with Crippen LogP contribution in [0, 0.1) is 17.7 Å². The van der Waals surface area contributed by atoms with Crippen LogP contribution in [0.15, 0.2) is 18.2 Å². The van der Waals surface area contributed by atoms with Crippen LogP contribution in [0.1, 0.15) is 15.9 Å². The third-order valence-electron chi connectivity index (χ3n) is 2.32. The Morgan fingerprint density at radius 2 is 2.10 bits per heavy atom. The summed E-state index contributed by atoms with van der Waals surface area (Å²) in [5.74, 6) is 3.99. The molecule has 1 aromatic carbocycles. The van der Waals surface area contributed by atoms with Crippen molar-refractivity contribution in [3.8, 4) is 11.8 Å². The number of sulfonamides is 1. The highest BCUT2D eigenvalue weighted by Crippen LogP contribution is 2.09. The van der Waals surface area contributed by atoms with Crippen molar-refractivity contribution in [2.75, 3.05) is 25.9 Å². The Morgan fingerprint density at radius 3 is 2.71 bits per heavy atom. The lowest BCUT2D eigenvalue weighted by Gasteiger charge is -2.07. The van der Waals surface area contributed by atoms with Crippen LogP contribution < -0.4 is 15.8 Å². The Hall–Kier alpha value is -1.95. The molecule has 21 heavy (non-hydrogen) atoms. The van der Waals surface area contributed by atoms with E-state index in [0.717, 1.165) is 12.3 Å². The van der Waals surface area contributed by atoms with Gasteiger partial charge in [-0.3, -0.25) is 4.79 Å². The highest BCUT2D eigenvalue weighted by Gasteiger charge is 2.11. The molecule has 8 heteroatoms. The summed E-state index contributed by atoms with van der Waals surface area (Å²) < 4.78 is 37.5. The highest BCUT2D eigenvalue weighted by atomic mass is 32.2. The lowest BCUT2D eigenvalue weighted by Crippen LogP contribution is -2.34. The van der Waals surface area contributed by atoms with Crippen molar-refractivity contribution in [1.29, 1.82) is 0 Å². The zero-order chi connectivity index (χ0) is 15.9. The second kappa shape index (κ2) is 7.73. The van der Waals surface area contributed by atoms with Gasteiger partial charge in [-0.05, 0) is 18.2 Å². The predicted molar refractivity (Wildman–Crippen MR) is 77.5 cm³/mol. The number of hydrogen-bond acceptors (Lipinski definition) is 4. The van der Waals surface area contributed by atoms with Crippen LogP contribution >= 0.6 is 0 Å². The van der Waals surface area contributed by atoms with Crippen molar-refractivity contribution in [1.82, 2.24) is 10.0 Å². The van der Waals surface area contributed by atoms with E-state index in [2.05, 4.69) is 21.9 Å². The zero-order valence-corrected chi connectivity index (χ0v) is 12.3. The van der Waals surface area contributed by atoms with E-state index in [4.69, 9.17) is 5.73 Å². The van der Waals surface area contributed by atoms with Gasteiger partial charge in [-0.1, -0.05) is 11.8 Å². The minimum Gasteiger partial charge on any atom is -0.351 e. The maximum atomic E-state index is 13.6. The van der Waals surface area contributed by atoms with Crippen LogP contribution in [-0.2, 0) is 10.0 Å². The molecule has 0 aliphatic heterocycles. The Morgan fingerprint density at radius 1 is 1.38 bits per heavy atom. The van der Waals surface area contributed by atoms with Crippen LogP contribution in [0.5, 0.6) is 0 Å². The summed E-state index contributed by atoms with van der Waals surface area (Å²) in [6.45, 7) is 0.235. The molecule has 0 aromatic heterocycles. The summed E-state index contributed by atoms with van der Waals surface area (Å²) in [7, 11) is -3.32. The fraction of sp³-hybridized carbons (Fsp3) is 0.308. The average Bonchev–Trinajstić information content (AvgIpc) is 2.41. The lowest BCUT2D eigenvalue weighted by atomic mass is 10.1. The number of halogens is 1. The summed E-state index contributed by atoms with van der Waals surface area (Å²) in [4.78, 5) is 11.8. The van der Waals surface area contributed by atoms with Crippen molar-refractivity contribution in [2.24, 2.45) is 5.73 Å². The number of rotatable bonds is 5. The Balaban J connectivity index is 2.69. The first-order valence-corrected chi connectivity index (χ1v) is 7.94. The molecule has 114 valence electrons. The molecule has 0 fully saturated rings. The van der Waals surface area contributed by atoms with Crippen molar-refractivity contribution >= 4 is 15.9 Å². The molecule has 0 atom stereocenters. The number of hydrogen-bond donors (Lipinski definition) is 3. The molecular formula is C13H16FN3O3S. The smallest absolute Gasteiger partial charge is 0.254 e. The molecule has 0 saturated carbocycles. The maximum absolute atomic E-state index is 13.6. The lowest BCUT2D eigenvalue weighted by molar-refractivity contribution is 0.0950. The summed E-state index contributed by atoms with van der Waals surface area (Å²) in [5.41, 5.74) is 5.56. The van der Waals surface area contributed by atoms with Gasteiger partial charge in [0, 0.05) is 18.7 Å². The van der Waals surface area contributed by atoms with E-state index in [1.165, 1.54) is 12.1 Å². The molecule has 4 N–H and O–H groups in total. The number of nitrogens with one attached hydrogen (secondary N) is 2. The summed E-state index contributed by atoms with van der Waals surface area (Å²) >= 11 is 0. The molecule has 0 bridgehead atoms.